The van der Waals surface area contributed by atoms with Gasteiger partial charge in [-0.25, -0.2) is 0 Å². The number of aliphatic hydroxyl groups is 1. The normalized spacial score (nSPS) is 60.5. The summed E-state index contributed by atoms with van der Waals surface area (Å²) in [5, 5.41) is 10.1. The van der Waals surface area contributed by atoms with E-state index in [9.17, 15) is 9.90 Å². The maximum atomic E-state index is 11.9. The minimum atomic E-state index is -0.869. The van der Waals surface area contributed by atoms with Crippen LogP contribution in [0, 0.1) is 29.6 Å². The van der Waals surface area contributed by atoms with E-state index in [1.165, 1.54) is 0 Å². The van der Waals surface area contributed by atoms with Crippen molar-refractivity contribution in [3.63, 3.8) is 0 Å². The average molecular weight is 254 g/mol. The van der Waals surface area contributed by atoms with E-state index in [2.05, 4.69) is 0 Å². The van der Waals surface area contributed by atoms with Crippen LogP contribution in [0.4, 0.5) is 0 Å². The van der Waals surface area contributed by atoms with Gasteiger partial charge in [0.2, 0.25) is 5.79 Å². The molecule has 5 nitrogen and oxygen atoms in total. The van der Waals surface area contributed by atoms with Crippen molar-refractivity contribution in [1.82, 2.24) is 0 Å². The first kappa shape index (κ1) is 11.2. The summed E-state index contributed by atoms with van der Waals surface area (Å²) in [7, 11) is 0. The SMILES string of the molecule is CC(C)[C@]12O[C@@H](O)[C@@H]3C[C@@H]4C(=O)O[C@](C)(O1)[C@@H]4[C@@H]32. The van der Waals surface area contributed by atoms with Gasteiger partial charge < -0.3 is 19.3 Å². The molecule has 3 aliphatic heterocycles. The average Bonchev–Trinajstić information content (AvgIpc) is 2.88. The van der Waals surface area contributed by atoms with Crippen molar-refractivity contribution < 1.29 is 24.1 Å². The summed E-state index contributed by atoms with van der Waals surface area (Å²) in [6.45, 7) is 5.87. The summed E-state index contributed by atoms with van der Waals surface area (Å²) in [6.07, 6.45) is -0.164. The molecule has 0 radical (unpaired) electrons. The molecule has 1 saturated carbocycles. The highest BCUT2D eigenvalue weighted by Gasteiger charge is 2.79. The summed E-state index contributed by atoms with van der Waals surface area (Å²) in [4.78, 5) is 11.9. The van der Waals surface area contributed by atoms with Crippen LogP contribution >= 0.6 is 0 Å². The number of ether oxygens (including phenoxy) is 3. The van der Waals surface area contributed by atoms with Gasteiger partial charge in [0.15, 0.2) is 12.1 Å². The van der Waals surface area contributed by atoms with Crippen molar-refractivity contribution >= 4 is 5.97 Å². The lowest BCUT2D eigenvalue weighted by Crippen LogP contribution is -2.43. The zero-order valence-electron chi connectivity index (χ0n) is 10.8. The Labute approximate surface area is 105 Å². The van der Waals surface area contributed by atoms with E-state index in [0.29, 0.717) is 6.42 Å². The van der Waals surface area contributed by atoms with E-state index >= 15 is 0 Å². The number of hydrogen-bond acceptors (Lipinski definition) is 5. The molecule has 3 saturated heterocycles. The summed E-state index contributed by atoms with van der Waals surface area (Å²) >= 11 is 0. The molecular formula is C13H18O5. The van der Waals surface area contributed by atoms with E-state index in [1.54, 1.807) is 0 Å². The van der Waals surface area contributed by atoms with Crippen molar-refractivity contribution in [3.8, 4) is 0 Å². The lowest BCUT2D eigenvalue weighted by Gasteiger charge is -2.34. The van der Waals surface area contributed by atoms with Gasteiger partial charge in [-0.1, -0.05) is 13.8 Å². The van der Waals surface area contributed by atoms with Gasteiger partial charge >= 0.3 is 5.97 Å². The van der Waals surface area contributed by atoms with Crippen LogP contribution in [0.3, 0.4) is 0 Å². The third-order valence-corrected chi connectivity index (χ3v) is 5.32. The Balaban J connectivity index is 1.86. The topological polar surface area (TPSA) is 65.0 Å². The van der Waals surface area contributed by atoms with Crippen molar-refractivity contribution in [1.29, 1.82) is 0 Å². The van der Waals surface area contributed by atoms with Crippen LogP contribution in [0.2, 0.25) is 0 Å². The van der Waals surface area contributed by atoms with Gasteiger partial charge in [0, 0.05) is 30.6 Å². The van der Waals surface area contributed by atoms with Crippen LogP contribution in [-0.2, 0) is 19.0 Å². The third kappa shape index (κ3) is 0.961. The summed E-state index contributed by atoms with van der Waals surface area (Å²) in [5.74, 6) is -1.78. The molecule has 1 aliphatic carbocycles. The summed E-state index contributed by atoms with van der Waals surface area (Å²) in [5.41, 5.74) is 0. The Hall–Kier alpha value is -0.650. The number of rotatable bonds is 1. The summed E-state index contributed by atoms with van der Waals surface area (Å²) < 4.78 is 17.3. The molecule has 5 heteroatoms. The van der Waals surface area contributed by atoms with Gasteiger partial charge in [0.1, 0.15) is 0 Å². The van der Waals surface area contributed by atoms with Gasteiger partial charge in [-0.05, 0) is 6.42 Å². The molecule has 18 heavy (non-hydrogen) atoms. The smallest absolute Gasteiger partial charge is 0.312 e. The minimum Gasteiger partial charge on any atom is -0.433 e. The molecule has 4 rings (SSSR count). The maximum Gasteiger partial charge on any atom is 0.312 e. The zero-order chi connectivity index (χ0) is 12.9. The standard InChI is InChI=1S/C13H18O5/c1-5(2)13-9-7(11(15)17-13)4-6-8(9)12(3,18-13)16-10(6)14/h5-9,11,15H,4H2,1-3H3/t6-,7+,8-,9+,11+,12+,13-/m0/s1. The van der Waals surface area contributed by atoms with Crippen molar-refractivity contribution in [2.75, 3.05) is 0 Å². The fourth-order valence-electron chi connectivity index (χ4n) is 4.71. The second kappa shape index (κ2) is 2.92. The molecule has 100 valence electrons. The van der Waals surface area contributed by atoms with Crippen LogP contribution in [-0.4, -0.2) is 28.9 Å². The second-order valence-corrected chi connectivity index (χ2v) is 6.48. The molecule has 0 spiro atoms. The lowest BCUT2D eigenvalue weighted by molar-refractivity contribution is -0.336. The molecule has 0 aromatic rings. The first-order valence-electron chi connectivity index (χ1n) is 6.68. The Bertz CT molecular complexity index is 435. The molecule has 0 aromatic carbocycles. The van der Waals surface area contributed by atoms with Gasteiger partial charge in [-0.2, -0.15) is 0 Å². The van der Waals surface area contributed by atoms with E-state index < -0.39 is 17.9 Å². The zero-order valence-corrected chi connectivity index (χ0v) is 10.8. The number of carbonyl (C=O) groups excluding carboxylic acids is 1. The Morgan fingerprint density at radius 3 is 2.78 bits per heavy atom. The maximum absolute atomic E-state index is 11.9. The van der Waals surface area contributed by atoms with Gasteiger partial charge in [0.05, 0.1) is 5.92 Å². The highest BCUT2D eigenvalue weighted by Crippen LogP contribution is 2.69. The van der Waals surface area contributed by atoms with Crippen LogP contribution in [0.15, 0.2) is 0 Å². The largest absolute Gasteiger partial charge is 0.433 e. The van der Waals surface area contributed by atoms with Crippen LogP contribution in [0.25, 0.3) is 0 Å². The van der Waals surface area contributed by atoms with E-state index in [1.807, 2.05) is 20.8 Å². The number of esters is 1. The van der Waals surface area contributed by atoms with Crippen LogP contribution < -0.4 is 0 Å². The highest BCUT2D eigenvalue weighted by atomic mass is 16.8. The lowest BCUT2D eigenvalue weighted by atomic mass is 9.79. The Morgan fingerprint density at radius 1 is 1.39 bits per heavy atom. The third-order valence-electron chi connectivity index (χ3n) is 5.32. The molecule has 3 heterocycles. The van der Waals surface area contributed by atoms with Gasteiger partial charge in [-0.3, -0.25) is 4.79 Å². The number of aliphatic hydroxyl groups excluding tert-OH is 1. The Kier molecular flexibility index (Phi) is 1.81. The molecular weight excluding hydrogens is 236 g/mol. The second-order valence-electron chi connectivity index (χ2n) is 6.48. The van der Waals surface area contributed by atoms with Crippen LogP contribution in [0.1, 0.15) is 27.2 Å². The fraction of sp³-hybridized carbons (Fsp3) is 0.923. The van der Waals surface area contributed by atoms with Gasteiger partial charge in [-0.15, -0.1) is 0 Å². The monoisotopic (exact) mass is 254 g/mol. The van der Waals surface area contributed by atoms with E-state index in [0.717, 1.165) is 0 Å². The molecule has 4 aliphatic rings. The molecule has 1 N–H and O–H groups in total. The van der Waals surface area contributed by atoms with E-state index in [-0.39, 0.29) is 35.6 Å². The Morgan fingerprint density at radius 2 is 2.11 bits per heavy atom. The summed E-state index contributed by atoms with van der Waals surface area (Å²) in [6, 6.07) is 0. The fourth-order valence-corrected chi connectivity index (χ4v) is 4.71. The molecule has 0 unspecified atom stereocenters. The minimum absolute atomic E-state index is 0.00271. The first-order valence-corrected chi connectivity index (χ1v) is 6.68. The number of hydrogen-bond donors (Lipinski definition) is 1. The van der Waals surface area contributed by atoms with Crippen molar-refractivity contribution in [2.45, 2.75) is 45.1 Å². The molecule has 7 atom stereocenters. The van der Waals surface area contributed by atoms with Crippen LogP contribution in [0.5, 0.6) is 0 Å². The first-order chi connectivity index (χ1) is 8.39. The molecule has 0 bridgehead atoms. The van der Waals surface area contributed by atoms with Crippen molar-refractivity contribution in [3.05, 3.63) is 0 Å². The number of carbonyl (C=O) groups is 1. The van der Waals surface area contributed by atoms with Gasteiger partial charge in [0.25, 0.3) is 0 Å². The predicted molar refractivity (Wildman–Crippen MR) is 58.8 cm³/mol. The molecule has 4 fully saturated rings. The quantitative estimate of drug-likeness (QED) is 0.703. The molecule has 0 aromatic heterocycles. The highest BCUT2D eigenvalue weighted by molar-refractivity contribution is 5.76. The molecule has 0 amide bonds. The van der Waals surface area contributed by atoms with Crippen molar-refractivity contribution in [2.24, 2.45) is 29.6 Å². The van der Waals surface area contributed by atoms with E-state index in [4.69, 9.17) is 14.2 Å². The predicted octanol–water partition coefficient (Wildman–Crippen LogP) is 0.859.